The Morgan fingerprint density at radius 1 is 1.05 bits per heavy atom. The predicted octanol–water partition coefficient (Wildman–Crippen LogP) is 3.47. The second-order valence-electron chi connectivity index (χ2n) is 5.66. The van der Waals surface area contributed by atoms with Gasteiger partial charge in [-0.3, -0.25) is 0 Å². The third-order valence-electron chi connectivity index (χ3n) is 4.14. The molecule has 0 radical (unpaired) electrons. The van der Waals surface area contributed by atoms with Crippen molar-refractivity contribution in [3.63, 3.8) is 0 Å². The second kappa shape index (κ2) is 5.97. The Morgan fingerprint density at radius 2 is 1.82 bits per heavy atom. The summed E-state index contributed by atoms with van der Waals surface area (Å²) in [4.78, 5) is 0. The molecule has 0 saturated carbocycles. The Bertz CT molecular complexity index is 687. The van der Waals surface area contributed by atoms with Crippen molar-refractivity contribution in [2.45, 2.75) is 25.4 Å². The third-order valence-corrected chi connectivity index (χ3v) is 4.14. The Hall–Kier alpha value is -2.07. The van der Waals surface area contributed by atoms with E-state index in [1.165, 1.54) is 11.6 Å². The van der Waals surface area contributed by atoms with Gasteiger partial charge in [-0.05, 0) is 54.3 Å². The summed E-state index contributed by atoms with van der Waals surface area (Å²) in [5, 5.41) is 3.54. The smallest absolute Gasteiger partial charge is 0.161 e. The van der Waals surface area contributed by atoms with Crippen LogP contribution in [0.5, 0.6) is 11.5 Å². The molecule has 0 aliphatic carbocycles. The minimum Gasteiger partial charge on any atom is -0.493 e. The summed E-state index contributed by atoms with van der Waals surface area (Å²) in [6, 6.07) is 11.1. The van der Waals surface area contributed by atoms with E-state index >= 15 is 0 Å². The largest absolute Gasteiger partial charge is 0.493 e. The molecule has 0 bridgehead atoms. The SMILES string of the molecule is COc1ccc(C2NC(C)Cc3ccc(F)cc32)cc1OC. The molecule has 1 heterocycles. The van der Waals surface area contributed by atoms with E-state index in [1.54, 1.807) is 20.3 Å². The highest BCUT2D eigenvalue weighted by atomic mass is 19.1. The zero-order chi connectivity index (χ0) is 15.7. The lowest BCUT2D eigenvalue weighted by molar-refractivity contribution is 0.353. The van der Waals surface area contributed by atoms with E-state index in [1.807, 2.05) is 24.3 Å². The van der Waals surface area contributed by atoms with Gasteiger partial charge in [0.2, 0.25) is 0 Å². The van der Waals surface area contributed by atoms with Crippen molar-refractivity contribution in [2.75, 3.05) is 14.2 Å². The van der Waals surface area contributed by atoms with Gasteiger partial charge < -0.3 is 14.8 Å². The van der Waals surface area contributed by atoms with E-state index < -0.39 is 0 Å². The summed E-state index contributed by atoms with van der Waals surface area (Å²) in [5.74, 6) is 1.16. The zero-order valence-corrected chi connectivity index (χ0v) is 13.0. The third kappa shape index (κ3) is 2.66. The van der Waals surface area contributed by atoms with Crippen molar-refractivity contribution in [1.82, 2.24) is 5.32 Å². The van der Waals surface area contributed by atoms with Gasteiger partial charge in [-0.2, -0.15) is 0 Å². The van der Waals surface area contributed by atoms with Gasteiger partial charge in [0.25, 0.3) is 0 Å². The van der Waals surface area contributed by atoms with Crippen LogP contribution in [-0.4, -0.2) is 20.3 Å². The van der Waals surface area contributed by atoms with Crippen molar-refractivity contribution >= 4 is 0 Å². The van der Waals surface area contributed by atoms with Crippen molar-refractivity contribution in [2.24, 2.45) is 0 Å². The Kier molecular flexibility index (Phi) is 4.03. The quantitative estimate of drug-likeness (QED) is 0.941. The molecule has 2 unspecified atom stereocenters. The molecule has 2 atom stereocenters. The summed E-state index contributed by atoms with van der Waals surface area (Å²) >= 11 is 0. The van der Waals surface area contributed by atoms with Gasteiger partial charge >= 0.3 is 0 Å². The van der Waals surface area contributed by atoms with Gasteiger partial charge in [0.15, 0.2) is 11.5 Å². The lowest BCUT2D eigenvalue weighted by Gasteiger charge is -2.32. The number of halogens is 1. The van der Waals surface area contributed by atoms with Crippen LogP contribution in [0.25, 0.3) is 0 Å². The molecule has 3 nitrogen and oxygen atoms in total. The lowest BCUT2D eigenvalue weighted by Crippen LogP contribution is -2.38. The average molecular weight is 301 g/mol. The first-order valence-corrected chi connectivity index (χ1v) is 7.38. The van der Waals surface area contributed by atoms with Crippen LogP contribution in [-0.2, 0) is 6.42 Å². The van der Waals surface area contributed by atoms with Gasteiger partial charge in [-0.1, -0.05) is 12.1 Å². The number of ether oxygens (including phenoxy) is 2. The van der Waals surface area contributed by atoms with Gasteiger partial charge in [0, 0.05) is 6.04 Å². The molecule has 0 saturated heterocycles. The highest BCUT2D eigenvalue weighted by Crippen LogP contribution is 2.35. The Morgan fingerprint density at radius 3 is 2.55 bits per heavy atom. The molecule has 2 aromatic carbocycles. The maximum absolute atomic E-state index is 13.7. The topological polar surface area (TPSA) is 30.5 Å². The fourth-order valence-electron chi connectivity index (χ4n) is 3.09. The summed E-state index contributed by atoms with van der Waals surface area (Å²) in [7, 11) is 3.23. The van der Waals surface area contributed by atoms with Gasteiger partial charge in [0.1, 0.15) is 5.82 Å². The highest BCUT2D eigenvalue weighted by molar-refractivity contribution is 5.48. The molecule has 22 heavy (non-hydrogen) atoms. The lowest BCUT2D eigenvalue weighted by atomic mass is 9.87. The van der Waals surface area contributed by atoms with Crippen LogP contribution in [0, 0.1) is 5.82 Å². The van der Waals surface area contributed by atoms with Gasteiger partial charge in [-0.15, -0.1) is 0 Å². The molecule has 116 valence electrons. The van der Waals surface area contributed by atoms with Crippen LogP contribution < -0.4 is 14.8 Å². The number of methoxy groups -OCH3 is 2. The molecule has 0 amide bonds. The summed E-state index contributed by atoms with van der Waals surface area (Å²) in [6.45, 7) is 2.14. The molecule has 0 aromatic heterocycles. The number of hydrogen-bond donors (Lipinski definition) is 1. The van der Waals surface area contributed by atoms with E-state index in [-0.39, 0.29) is 11.9 Å². The highest BCUT2D eigenvalue weighted by Gasteiger charge is 2.26. The van der Waals surface area contributed by atoms with E-state index in [0.717, 1.165) is 17.5 Å². The fourth-order valence-corrected chi connectivity index (χ4v) is 3.09. The molecular formula is C18H20FNO2. The number of fused-ring (bicyclic) bond motifs is 1. The van der Waals surface area contributed by atoms with Crippen LogP contribution in [0.15, 0.2) is 36.4 Å². The fraction of sp³-hybridized carbons (Fsp3) is 0.333. The molecule has 0 fully saturated rings. The van der Waals surface area contributed by atoms with E-state index in [0.29, 0.717) is 17.5 Å². The van der Waals surface area contributed by atoms with Crippen molar-refractivity contribution in [3.8, 4) is 11.5 Å². The van der Waals surface area contributed by atoms with E-state index in [2.05, 4.69) is 12.2 Å². The van der Waals surface area contributed by atoms with Crippen LogP contribution in [0.1, 0.15) is 29.7 Å². The van der Waals surface area contributed by atoms with Crippen LogP contribution in [0.4, 0.5) is 4.39 Å². The molecule has 2 aromatic rings. The van der Waals surface area contributed by atoms with Crippen molar-refractivity contribution in [1.29, 1.82) is 0 Å². The maximum atomic E-state index is 13.7. The minimum absolute atomic E-state index is 0.0470. The first-order valence-electron chi connectivity index (χ1n) is 7.38. The van der Waals surface area contributed by atoms with Gasteiger partial charge in [0.05, 0.1) is 20.3 Å². The molecule has 1 aliphatic heterocycles. The normalized spacial score (nSPS) is 20.4. The molecule has 1 aliphatic rings. The van der Waals surface area contributed by atoms with E-state index in [4.69, 9.17) is 9.47 Å². The minimum atomic E-state index is -0.208. The Labute approximate surface area is 130 Å². The summed E-state index contributed by atoms with van der Waals surface area (Å²) in [6.07, 6.45) is 0.902. The average Bonchev–Trinajstić information content (AvgIpc) is 2.53. The maximum Gasteiger partial charge on any atom is 0.161 e. The zero-order valence-electron chi connectivity index (χ0n) is 13.0. The summed E-state index contributed by atoms with van der Waals surface area (Å²) in [5.41, 5.74) is 3.22. The number of nitrogens with one attached hydrogen (secondary N) is 1. The van der Waals surface area contributed by atoms with Crippen LogP contribution in [0.2, 0.25) is 0 Å². The molecule has 0 spiro atoms. The molecule has 1 N–H and O–H groups in total. The van der Waals surface area contributed by atoms with E-state index in [9.17, 15) is 4.39 Å². The first kappa shape index (κ1) is 14.9. The summed E-state index contributed by atoms with van der Waals surface area (Å²) < 4.78 is 24.3. The predicted molar refractivity (Wildman–Crippen MR) is 84.1 cm³/mol. The standard InChI is InChI=1S/C18H20FNO2/c1-11-8-12-4-6-14(19)10-15(12)18(20-11)13-5-7-16(21-2)17(9-13)22-3/h4-7,9-11,18,20H,8H2,1-3H3. The van der Waals surface area contributed by atoms with Crippen molar-refractivity contribution < 1.29 is 13.9 Å². The first-order chi connectivity index (χ1) is 10.6. The second-order valence-corrected chi connectivity index (χ2v) is 5.66. The molecule has 4 heteroatoms. The van der Waals surface area contributed by atoms with Crippen LogP contribution >= 0.6 is 0 Å². The molecular weight excluding hydrogens is 281 g/mol. The van der Waals surface area contributed by atoms with Crippen molar-refractivity contribution in [3.05, 3.63) is 58.9 Å². The number of rotatable bonds is 3. The Balaban J connectivity index is 2.07. The van der Waals surface area contributed by atoms with Crippen LogP contribution in [0.3, 0.4) is 0 Å². The molecule has 3 rings (SSSR count). The number of benzene rings is 2. The number of hydrogen-bond acceptors (Lipinski definition) is 3. The monoisotopic (exact) mass is 301 g/mol. The van der Waals surface area contributed by atoms with Gasteiger partial charge in [-0.25, -0.2) is 4.39 Å².